The van der Waals surface area contributed by atoms with Crippen LogP contribution in [0.4, 0.5) is 10.5 Å². The lowest BCUT2D eigenvalue weighted by molar-refractivity contribution is 0.217. The van der Waals surface area contributed by atoms with E-state index in [-0.39, 0.29) is 12.6 Å². The van der Waals surface area contributed by atoms with Crippen molar-refractivity contribution in [3.8, 4) is 0 Å². The van der Waals surface area contributed by atoms with E-state index in [4.69, 9.17) is 5.11 Å². The molecule has 0 saturated carbocycles. The van der Waals surface area contributed by atoms with Crippen LogP contribution in [0, 0.1) is 0 Å². The minimum atomic E-state index is -0.111. The zero-order valence-corrected chi connectivity index (χ0v) is 9.73. The molecule has 2 amide bonds. The average molecular weight is 222 g/mol. The Morgan fingerprint density at radius 3 is 2.62 bits per heavy atom. The van der Waals surface area contributed by atoms with E-state index in [0.717, 1.165) is 5.56 Å². The molecule has 1 rings (SSSR count). The molecule has 0 spiro atoms. The number of nitrogens with zero attached hydrogens (tertiary/aromatic N) is 1. The summed E-state index contributed by atoms with van der Waals surface area (Å²) >= 11 is 0. The number of hydrogen-bond acceptors (Lipinski definition) is 2. The monoisotopic (exact) mass is 222 g/mol. The highest BCUT2D eigenvalue weighted by Gasteiger charge is 2.08. The van der Waals surface area contributed by atoms with Crippen molar-refractivity contribution in [2.24, 2.45) is 0 Å². The third-order valence-electron chi connectivity index (χ3n) is 2.41. The molecule has 0 aliphatic heterocycles. The summed E-state index contributed by atoms with van der Waals surface area (Å²) in [6.45, 7) is 5.22. The fraction of sp³-hybridized carbons (Fsp3) is 0.417. The number of nitrogens with one attached hydrogen (secondary N) is 1. The predicted molar refractivity (Wildman–Crippen MR) is 64.3 cm³/mol. The maximum absolute atomic E-state index is 11.7. The Labute approximate surface area is 95.9 Å². The Hall–Kier alpha value is -1.55. The maximum Gasteiger partial charge on any atom is 0.321 e. The summed E-state index contributed by atoms with van der Waals surface area (Å²) in [6, 6.07) is 7.08. The number of carbonyl (C=O) groups is 1. The van der Waals surface area contributed by atoms with Crippen LogP contribution in [0.2, 0.25) is 0 Å². The van der Waals surface area contributed by atoms with Crippen LogP contribution in [0.15, 0.2) is 24.3 Å². The second-order valence-electron chi connectivity index (χ2n) is 3.46. The summed E-state index contributed by atoms with van der Waals surface area (Å²) in [5.74, 6) is 0. The van der Waals surface area contributed by atoms with Crippen LogP contribution in [0.1, 0.15) is 19.4 Å². The first-order valence-electron chi connectivity index (χ1n) is 5.47. The maximum atomic E-state index is 11.7. The third-order valence-corrected chi connectivity index (χ3v) is 2.41. The molecule has 0 atom stereocenters. The molecule has 1 aromatic carbocycles. The molecule has 0 radical (unpaired) electrons. The highest BCUT2D eigenvalue weighted by molar-refractivity contribution is 5.89. The van der Waals surface area contributed by atoms with Gasteiger partial charge < -0.3 is 15.3 Å². The second-order valence-corrected chi connectivity index (χ2v) is 3.46. The summed E-state index contributed by atoms with van der Waals surface area (Å²) < 4.78 is 0. The van der Waals surface area contributed by atoms with E-state index in [1.807, 2.05) is 26.0 Å². The summed E-state index contributed by atoms with van der Waals surface area (Å²) in [7, 11) is 0. The van der Waals surface area contributed by atoms with Crippen molar-refractivity contribution < 1.29 is 9.90 Å². The topological polar surface area (TPSA) is 52.6 Å². The predicted octanol–water partition coefficient (Wildman–Crippen LogP) is 2.05. The van der Waals surface area contributed by atoms with Gasteiger partial charge in [0.15, 0.2) is 0 Å². The molecule has 16 heavy (non-hydrogen) atoms. The smallest absolute Gasteiger partial charge is 0.321 e. The Balaban J connectivity index is 2.68. The summed E-state index contributed by atoms with van der Waals surface area (Å²) in [5.41, 5.74) is 1.50. The number of aliphatic hydroxyl groups is 1. The first-order valence-corrected chi connectivity index (χ1v) is 5.47. The molecule has 0 fully saturated rings. The molecule has 0 heterocycles. The molecular weight excluding hydrogens is 204 g/mol. The van der Waals surface area contributed by atoms with E-state index in [1.165, 1.54) is 0 Å². The van der Waals surface area contributed by atoms with Gasteiger partial charge in [-0.05, 0) is 31.5 Å². The second kappa shape index (κ2) is 6.12. The van der Waals surface area contributed by atoms with E-state index in [0.29, 0.717) is 18.8 Å². The molecule has 88 valence electrons. The molecular formula is C12H18N2O2. The molecule has 2 N–H and O–H groups in total. The molecule has 0 aliphatic carbocycles. The zero-order chi connectivity index (χ0) is 12.0. The first-order chi connectivity index (χ1) is 7.71. The lowest BCUT2D eigenvalue weighted by Gasteiger charge is -2.19. The van der Waals surface area contributed by atoms with Gasteiger partial charge in [0.1, 0.15) is 0 Å². The van der Waals surface area contributed by atoms with Crippen LogP contribution in [0.25, 0.3) is 0 Å². The Bertz CT molecular complexity index is 349. The highest BCUT2D eigenvalue weighted by atomic mass is 16.3. The van der Waals surface area contributed by atoms with Crippen molar-refractivity contribution in [1.29, 1.82) is 0 Å². The normalized spacial score (nSPS) is 9.94. The molecule has 0 aromatic heterocycles. The van der Waals surface area contributed by atoms with Crippen LogP contribution in [0.3, 0.4) is 0 Å². The van der Waals surface area contributed by atoms with Gasteiger partial charge in [0, 0.05) is 18.8 Å². The minimum Gasteiger partial charge on any atom is -0.392 e. The fourth-order valence-electron chi connectivity index (χ4n) is 1.46. The van der Waals surface area contributed by atoms with E-state index < -0.39 is 0 Å². The number of aliphatic hydroxyl groups excluding tert-OH is 1. The minimum absolute atomic E-state index is 0.0189. The lowest BCUT2D eigenvalue weighted by Crippen LogP contribution is -2.34. The standard InChI is InChI=1S/C12H18N2O2/c1-3-14(4-2)12(16)13-11-7-5-6-10(8-11)9-15/h5-8,15H,3-4,9H2,1-2H3,(H,13,16). The molecule has 0 unspecified atom stereocenters. The number of amides is 2. The lowest BCUT2D eigenvalue weighted by atomic mass is 10.2. The van der Waals surface area contributed by atoms with Crippen LogP contribution in [-0.2, 0) is 6.61 Å². The zero-order valence-electron chi connectivity index (χ0n) is 9.73. The van der Waals surface area contributed by atoms with E-state index in [1.54, 1.807) is 17.0 Å². The fourth-order valence-corrected chi connectivity index (χ4v) is 1.46. The molecule has 4 heteroatoms. The van der Waals surface area contributed by atoms with Gasteiger partial charge in [0.05, 0.1) is 6.61 Å². The van der Waals surface area contributed by atoms with Gasteiger partial charge in [-0.3, -0.25) is 0 Å². The number of anilines is 1. The Kier molecular flexibility index (Phi) is 4.79. The number of benzene rings is 1. The summed E-state index contributed by atoms with van der Waals surface area (Å²) in [5, 5.41) is 11.8. The van der Waals surface area contributed by atoms with Crippen LogP contribution < -0.4 is 5.32 Å². The summed E-state index contributed by atoms with van der Waals surface area (Å²) in [4.78, 5) is 13.4. The van der Waals surface area contributed by atoms with Crippen molar-refractivity contribution in [3.05, 3.63) is 29.8 Å². The van der Waals surface area contributed by atoms with E-state index >= 15 is 0 Å². The number of hydrogen-bond donors (Lipinski definition) is 2. The molecule has 0 saturated heterocycles. The van der Waals surface area contributed by atoms with Gasteiger partial charge in [-0.1, -0.05) is 12.1 Å². The highest BCUT2D eigenvalue weighted by Crippen LogP contribution is 2.11. The van der Waals surface area contributed by atoms with Gasteiger partial charge in [-0.15, -0.1) is 0 Å². The molecule has 4 nitrogen and oxygen atoms in total. The van der Waals surface area contributed by atoms with Crippen molar-refractivity contribution >= 4 is 11.7 Å². The number of carbonyl (C=O) groups excluding carboxylic acids is 1. The van der Waals surface area contributed by atoms with Crippen LogP contribution >= 0.6 is 0 Å². The van der Waals surface area contributed by atoms with Gasteiger partial charge in [0.2, 0.25) is 0 Å². The summed E-state index contributed by atoms with van der Waals surface area (Å²) in [6.07, 6.45) is 0. The first kappa shape index (κ1) is 12.5. The van der Waals surface area contributed by atoms with Crippen LogP contribution in [-0.4, -0.2) is 29.1 Å². The van der Waals surface area contributed by atoms with Crippen molar-refractivity contribution in [2.45, 2.75) is 20.5 Å². The third kappa shape index (κ3) is 3.24. The van der Waals surface area contributed by atoms with Crippen molar-refractivity contribution in [1.82, 2.24) is 4.90 Å². The van der Waals surface area contributed by atoms with Crippen LogP contribution in [0.5, 0.6) is 0 Å². The number of rotatable bonds is 4. The van der Waals surface area contributed by atoms with Gasteiger partial charge in [-0.2, -0.15) is 0 Å². The Morgan fingerprint density at radius 1 is 1.38 bits per heavy atom. The Morgan fingerprint density at radius 2 is 2.06 bits per heavy atom. The average Bonchev–Trinajstić information content (AvgIpc) is 2.31. The van der Waals surface area contributed by atoms with Gasteiger partial charge >= 0.3 is 6.03 Å². The van der Waals surface area contributed by atoms with Gasteiger partial charge in [-0.25, -0.2) is 4.79 Å². The quantitative estimate of drug-likeness (QED) is 0.819. The van der Waals surface area contributed by atoms with Gasteiger partial charge in [0.25, 0.3) is 0 Å². The molecule has 1 aromatic rings. The van der Waals surface area contributed by atoms with Crippen molar-refractivity contribution in [3.63, 3.8) is 0 Å². The van der Waals surface area contributed by atoms with Crippen molar-refractivity contribution in [2.75, 3.05) is 18.4 Å². The largest absolute Gasteiger partial charge is 0.392 e. The molecule has 0 aliphatic rings. The van der Waals surface area contributed by atoms with E-state index in [2.05, 4.69) is 5.32 Å². The SMILES string of the molecule is CCN(CC)C(=O)Nc1cccc(CO)c1. The number of urea groups is 1. The molecule has 0 bridgehead atoms. The van der Waals surface area contributed by atoms with E-state index in [9.17, 15) is 4.79 Å².